The monoisotopic (exact) mass is 344 g/mol. The summed E-state index contributed by atoms with van der Waals surface area (Å²) in [6.07, 6.45) is 1.61. The van der Waals surface area contributed by atoms with E-state index in [1.807, 2.05) is 6.07 Å². The summed E-state index contributed by atoms with van der Waals surface area (Å²) >= 11 is 3.37. The molecule has 0 amide bonds. The van der Waals surface area contributed by atoms with Crippen LogP contribution < -0.4 is 10.5 Å². The molecule has 2 aromatic rings. The Morgan fingerprint density at radius 3 is 2.37 bits per heavy atom. The molecule has 0 radical (unpaired) electrons. The SMILES string of the molecule is NS(=O)(=O)c1ccc(CNCc2occc2Br)cc1. The summed E-state index contributed by atoms with van der Waals surface area (Å²) in [6, 6.07) is 8.27. The predicted octanol–water partition coefficient (Wildman–Crippen LogP) is 1.98. The zero-order valence-corrected chi connectivity index (χ0v) is 12.4. The second-order valence-corrected chi connectivity index (χ2v) is 6.40. The molecule has 0 aliphatic carbocycles. The molecule has 0 fully saturated rings. The number of benzene rings is 1. The molecular formula is C12H13BrN2O3S. The summed E-state index contributed by atoms with van der Waals surface area (Å²) in [4.78, 5) is 0.116. The van der Waals surface area contributed by atoms with Crippen LogP contribution in [0.5, 0.6) is 0 Å². The van der Waals surface area contributed by atoms with Crippen LogP contribution in [0.2, 0.25) is 0 Å². The maximum Gasteiger partial charge on any atom is 0.238 e. The van der Waals surface area contributed by atoms with Crippen molar-refractivity contribution in [2.24, 2.45) is 5.14 Å². The van der Waals surface area contributed by atoms with Gasteiger partial charge in [0.2, 0.25) is 10.0 Å². The number of primary sulfonamides is 1. The third-order valence-corrected chi connectivity index (χ3v) is 4.19. The first kappa shape index (κ1) is 14.3. The minimum absolute atomic E-state index is 0.116. The summed E-state index contributed by atoms with van der Waals surface area (Å²) in [5.41, 5.74) is 0.968. The maximum absolute atomic E-state index is 11.1. The highest BCUT2D eigenvalue weighted by molar-refractivity contribution is 9.10. The van der Waals surface area contributed by atoms with Crippen molar-refractivity contribution in [3.63, 3.8) is 0 Å². The molecule has 0 unspecified atom stereocenters. The number of halogens is 1. The van der Waals surface area contributed by atoms with E-state index in [1.54, 1.807) is 18.4 Å². The lowest BCUT2D eigenvalue weighted by Gasteiger charge is -2.04. The minimum atomic E-state index is -3.62. The highest BCUT2D eigenvalue weighted by Gasteiger charge is 2.07. The minimum Gasteiger partial charge on any atom is -0.467 e. The van der Waals surface area contributed by atoms with E-state index in [9.17, 15) is 8.42 Å². The van der Waals surface area contributed by atoms with Gasteiger partial charge in [-0.1, -0.05) is 12.1 Å². The number of nitrogens with two attached hydrogens (primary N) is 1. The van der Waals surface area contributed by atoms with Gasteiger partial charge in [0, 0.05) is 6.54 Å². The van der Waals surface area contributed by atoms with Crippen LogP contribution >= 0.6 is 15.9 Å². The van der Waals surface area contributed by atoms with Crippen molar-refractivity contribution in [2.75, 3.05) is 0 Å². The van der Waals surface area contributed by atoms with Gasteiger partial charge in [0.05, 0.1) is 22.2 Å². The molecule has 1 aromatic carbocycles. The quantitative estimate of drug-likeness (QED) is 0.868. The van der Waals surface area contributed by atoms with Gasteiger partial charge in [-0.3, -0.25) is 0 Å². The van der Waals surface area contributed by atoms with Crippen LogP contribution in [0.4, 0.5) is 0 Å². The fourth-order valence-corrected chi connectivity index (χ4v) is 2.43. The van der Waals surface area contributed by atoms with Gasteiger partial charge < -0.3 is 9.73 Å². The van der Waals surface area contributed by atoms with Crippen LogP contribution in [-0.2, 0) is 23.1 Å². The lowest BCUT2D eigenvalue weighted by atomic mass is 10.2. The van der Waals surface area contributed by atoms with E-state index in [0.717, 1.165) is 15.8 Å². The number of hydrogen-bond acceptors (Lipinski definition) is 4. The van der Waals surface area contributed by atoms with Crippen molar-refractivity contribution in [1.29, 1.82) is 0 Å². The number of nitrogens with one attached hydrogen (secondary N) is 1. The highest BCUT2D eigenvalue weighted by Crippen LogP contribution is 2.17. The van der Waals surface area contributed by atoms with Gasteiger partial charge in [-0.15, -0.1) is 0 Å². The van der Waals surface area contributed by atoms with Crippen molar-refractivity contribution >= 4 is 26.0 Å². The lowest BCUT2D eigenvalue weighted by Crippen LogP contribution is -2.14. The molecule has 3 N–H and O–H groups in total. The molecule has 102 valence electrons. The standard InChI is InChI=1S/C12H13BrN2O3S/c13-11-5-6-18-12(11)8-15-7-9-1-3-10(4-2-9)19(14,16)17/h1-6,15H,7-8H2,(H2,14,16,17). The van der Waals surface area contributed by atoms with Crippen molar-refractivity contribution in [3.8, 4) is 0 Å². The summed E-state index contributed by atoms with van der Waals surface area (Å²) in [7, 11) is -3.62. The Morgan fingerprint density at radius 1 is 1.16 bits per heavy atom. The Morgan fingerprint density at radius 2 is 1.84 bits per heavy atom. The Labute approximate surface area is 120 Å². The van der Waals surface area contributed by atoms with Gasteiger partial charge >= 0.3 is 0 Å². The molecule has 1 aromatic heterocycles. The van der Waals surface area contributed by atoms with E-state index in [2.05, 4.69) is 21.2 Å². The van der Waals surface area contributed by atoms with E-state index in [4.69, 9.17) is 9.56 Å². The molecule has 2 rings (SSSR count). The molecule has 0 bridgehead atoms. The van der Waals surface area contributed by atoms with E-state index >= 15 is 0 Å². The van der Waals surface area contributed by atoms with E-state index in [-0.39, 0.29) is 4.90 Å². The van der Waals surface area contributed by atoms with Crippen LogP contribution in [0, 0.1) is 0 Å². The normalized spacial score (nSPS) is 11.7. The highest BCUT2D eigenvalue weighted by atomic mass is 79.9. The predicted molar refractivity (Wildman–Crippen MR) is 74.8 cm³/mol. The van der Waals surface area contributed by atoms with Crippen LogP contribution in [0.3, 0.4) is 0 Å². The molecule has 0 atom stereocenters. The zero-order chi connectivity index (χ0) is 13.9. The van der Waals surface area contributed by atoms with Crippen molar-refractivity contribution in [2.45, 2.75) is 18.0 Å². The average Bonchev–Trinajstić information content (AvgIpc) is 2.75. The van der Waals surface area contributed by atoms with Gasteiger partial charge in [-0.05, 0) is 39.7 Å². The Balaban J connectivity index is 1.92. The van der Waals surface area contributed by atoms with Crippen LogP contribution in [0.15, 0.2) is 50.4 Å². The fraction of sp³-hybridized carbons (Fsp3) is 0.167. The van der Waals surface area contributed by atoms with Gasteiger partial charge in [0.1, 0.15) is 5.76 Å². The molecule has 7 heteroatoms. The summed E-state index contributed by atoms with van der Waals surface area (Å²) < 4.78 is 28.4. The Bertz CT molecular complexity index is 650. The third-order valence-electron chi connectivity index (χ3n) is 2.56. The van der Waals surface area contributed by atoms with Crippen LogP contribution in [-0.4, -0.2) is 8.42 Å². The molecule has 5 nitrogen and oxygen atoms in total. The number of sulfonamides is 1. The first-order valence-electron chi connectivity index (χ1n) is 5.51. The lowest BCUT2D eigenvalue weighted by molar-refractivity contribution is 0.480. The van der Waals surface area contributed by atoms with Gasteiger partial charge in [-0.25, -0.2) is 13.6 Å². The van der Waals surface area contributed by atoms with Gasteiger partial charge in [-0.2, -0.15) is 0 Å². The third kappa shape index (κ3) is 3.90. The Hall–Kier alpha value is -1.15. The van der Waals surface area contributed by atoms with Gasteiger partial charge in [0.15, 0.2) is 0 Å². The summed E-state index contributed by atoms with van der Waals surface area (Å²) in [5.74, 6) is 0.821. The van der Waals surface area contributed by atoms with E-state index < -0.39 is 10.0 Å². The molecule has 0 saturated carbocycles. The maximum atomic E-state index is 11.1. The van der Waals surface area contributed by atoms with E-state index in [1.165, 1.54) is 12.1 Å². The largest absolute Gasteiger partial charge is 0.467 e. The smallest absolute Gasteiger partial charge is 0.238 e. The second-order valence-electron chi connectivity index (χ2n) is 3.98. The fourth-order valence-electron chi connectivity index (χ4n) is 1.57. The van der Waals surface area contributed by atoms with Crippen LogP contribution in [0.1, 0.15) is 11.3 Å². The van der Waals surface area contributed by atoms with E-state index in [0.29, 0.717) is 13.1 Å². The first-order chi connectivity index (χ1) is 8.97. The number of hydrogen-bond donors (Lipinski definition) is 2. The second kappa shape index (κ2) is 5.87. The first-order valence-corrected chi connectivity index (χ1v) is 7.85. The molecule has 0 aliphatic rings. The van der Waals surface area contributed by atoms with Crippen LogP contribution in [0.25, 0.3) is 0 Å². The molecule has 19 heavy (non-hydrogen) atoms. The molecule has 0 saturated heterocycles. The van der Waals surface area contributed by atoms with Crippen molar-refractivity contribution < 1.29 is 12.8 Å². The summed E-state index contributed by atoms with van der Waals surface area (Å²) in [6.45, 7) is 1.20. The van der Waals surface area contributed by atoms with Crippen molar-refractivity contribution in [3.05, 3.63) is 52.4 Å². The van der Waals surface area contributed by atoms with Gasteiger partial charge in [0.25, 0.3) is 0 Å². The summed E-state index contributed by atoms with van der Waals surface area (Å²) in [5, 5.41) is 8.23. The number of furan rings is 1. The molecule has 1 heterocycles. The molecular weight excluding hydrogens is 332 g/mol. The Kier molecular flexibility index (Phi) is 4.41. The molecule has 0 aliphatic heterocycles. The average molecular weight is 345 g/mol. The zero-order valence-electron chi connectivity index (χ0n) is 9.97. The molecule has 0 spiro atoms. The number of rotatable bonds is 5. The van der Waals surface area contributed by atoms with Crippen molar-refractivity contribution in [1.82, 2.24) is 5.32 Å². The topological polar surface area (TPSA) is 85.3 Å².